The second-order valence-corrected chi connectivity index (χ2v) is 4.32. The molecular formula is C11H13FN2O3. The van der Waals surface area contributed by atoms with Crippen LogP contribution in [0.5, 0.6) is 0 Å². The number of rotatable bonds is 4. The predicted octanol–water partition coefficient (Wildman–Crippen LogP) is 2.06. The third kappa shape index (κ3) is 2.36. The smallest absolute Gasteiger partial charge is 0.327 e. The highest BCUT2D eigenvalue weighted by Crippen LogP contribution is 2.33. The summed E-state index contributed by atoms with van der Waals surface area (Å²) in [5.74, 6) is -0.874. The Morgan fingerprint density at radius 2 is 2.24 bits per heavy atom. The summed E-state index contributed by atoms with van der Waals surface area (Å²) in [5.41, 5.74) is -1.27. The highest BCUT2D eigenvalue weighted by atomic mass is 19.1. The maximum absolute atomic E-state index is 13.3. The molecule has 2 rings (SSSR count). The Hall–Kier alpha value is -1.69. The van der Waals surface area contributed by atoms with Crippen LogP contribution >= 0.6 is 0 Å². The molecule has 17 heavy (non-hydrogen) atoms. The van der Waals surface area contributed by atoms with Gasteiger partial charge in [-0.25, -0.2) is 0 Å². The van der Waals surface area contributed by atoms with E-state index in [9.17, 15) is 19.6 Å². The van der Waals surface area contributed by atoms with Crippen molar-refractivity contribution in [2.24, 2.45) is 0 Å². The van der Waals surface area contributed by atoms with E-state index >= 15 is 0 Å². The molecule has 0 bridgehead atoms. The van der Waals surface area contributed by atoms with Crippen molar-refractivity contribution >= 4 is 11.4 Å². The summed E-state index contributed by atoms with van der Waals surface area (Å²) in [5, 5.41) is 23.3. The SMILES string of the molecule is O=[N+]([O-])c1c(F)cccc1NCC1(O)CCC1. The van der Waals surface area contributed by atoms with Crippen LogP contribution < -0.4 is 5.32 Å². The highest BCUT2D eigenvalue weighted by molar-refractivity contribution is 5.62. The number of hydrogen-bond donors (Lipinski definition) is 2. The van der Waals surface area contributed by atoms with E-state index in [1.165, 1.54) is 12.1 Å². The van der Waals surface area contributed by atoms with Crippen molar-refractivity contribution in [3.05, 3.63) is 34.1 Å². The van der Waals surface area contributed by atoms with Crippen LogP contribution in [-0.4, -0.2) is 22.2 Å². The third-order valence-corrected chi connectivity index (χ3v) is 3.06. The van der Waals surface area contributed by atoms with Gasteiger partial charge in [-0.1, -0.05) is 6.07 Å². The molecule has 1 aromatic rings. The van der Waals surface area contributed by atoms with Gasteiger partial charge in [-0.15, -0.1) is 0 Å². The second kappa shape index (κ2) is 4.29. The number of anilines is 1. The lowest BCUT2D eigenvalue weighted by Gasteiger charge is -2.36. The van der Waals surface area contributed by atoms with Gasteiger partial charge in [0.1, 0.15) is 5.69 Å². The van der Waals surface area contributed by atoms with Gasteiger partial charge in [0, 0.05) is 6.54 Å². The van der Waals surface area contributed by atoms with Crippen LogP contribution in [0.15, 0.2) is 18.2 Å². The second-order valence-electron chi connectivity index (χ2n) is 4.32. The molecule has 1 aliphatic carbocycles. The van der Waals surface area contributed by atoms with Gasteiger partial charge in [0.2, 0.25) is 5.82 Å². The van der Waals surface area contributed by atoms with E-state index in [0.29, 0.717) is 12.8 Å². The summed E-state index contributed by atoms with van der Waals surface area (Å²) in [6, 6.07) is 3.88. The van der Waals surface area contributed by atoms with Crippen molar-refractivity contribution in [2.75, 3.05) is 11.9 Å². The van der Waals surface area contributed by atoms with E-state index < -0.39 is 22.0 Å². The lowest BCUT2D eigenvalue weighted by molar-refractivity contribution is -0.386. The molecule has 1 aromatic carbocycles. The Labute approximate surface area is 97.4 Å². The topological polar surface area (TPSA) is 75.4 Å². The molecule has 1 fully saturated rings. The van der Waals surface area contributed by atoms with Crippen LogP contribution in [0.1, 0.15) is 19.3 Å². The maximum Gasteiger partial charge on any atom is 0.327 e. The van der Waals surface area contributed by atoms with E-state index in [4.69, 9.17) is 0 Å². The molecule has 6 heteroatoms. The van der Waals surface area contributed by atoms with Gasteiger partial charge < -0.3 is 10.4 Å². The van der Waals surface area contributed by atoms with Crippen molar-refractivity contribution in [3.8, 4) is 0 Å². The fraction of sp³-hybridized carbons (Fsp3) is 0.455. The average Bonchev–Trinajstić information content (AvgIpc) is 2.23. The van der Waals surface area contributed by atoms with E-state index in [1.807, 2.05) is 0 Å². The van der Waals surface area contributed by atoms with Gasteiger partial charge in [0.25, 0.3) is 0 Å². The summed E-state index contributed by atoms with van der Waals surface area (Å²) < 4.78 is 13.3. The molecule has 1 saturated carbocycles. The molecule has 0 unspecified atom stereocenters. The van der Waals surface area contributed by atoms with E-state index in [1.54, 1.807) is 0 Å². The summed E-state index contributed by atoms with van der Waals surface area (Å²) in [6.45, 7) is 0.206. The molecule has 2 N–H and O–H groups in total. The standard InChI is InChI=1S/C11H13FN2O3/c12-8-3-1-4-9(10(8)14(16)17)13-7-11(15)5-2-6-11/h1,3-4,13,15H,2,5-7H2. The molecule has 0 aromatic heterocycles. The molecular weight excluding hydrogens is 227 g/mol. The van der Waals surface area contributed by atoms with Crippen molar-refractivity contribution in [2.45, 2.75) is 24.9 Å². The lowest BCUT2D eigenvalue weighted by atomic mass is 9.80. The normalized spacial score (nSPS) is 17.3. The fourth-order valence-electron chi connectivity index (χ4n) is 1.86. The number of para-hydroxylation sites is 1. The van der Waals surface area contributed by atoms with Gasteiger partial charge in [0.05, 0.1) is 10.5 Å². The molecule has 0 heterocycles. The van der Waals surface area contributed by atoms with Crippen molar-refractivity contribution < 1.29 is 14.4 Å². The molecule has 0 aliphatic heterocycles. The van der Waals surface area contributed by atoms with Crippen molar-refractivity contribution in [3.63, 3.8) is 0 Å². The van der Waals surface area contributed by atoms with Gasteiger partial charge in [-0.05, 0) is 31.4 Å². The number of benzene rings is 1. The maximum atomic E-state index is 13.3. The molecule has 0 spiro atoms. The zero-order chi connectivity index (χ0) is 12.5. The minimum absolute atomic E-state index is 0.107. The first-order valence-corrected chi connectivity index (χ1v) is 5.41. The number of hydrogen-bond acceptors (Lipinski definition) is 4. The number of nitro benzene ring substituents is 1. The van der Waals surface area contributed by atoms with Crippen LogP contribution in [0.2, 0.25) is 0 Å². The first-order chi connectivity index (χ1) is 8.02. The van der Waals surface area contributed by atoms with Crippen LogP contribution in [-0.2, 0) is 0 Å². The van der Waals surface area contributed by atoms with E-state index in [2.05, 4.69) is 5.32 Å². The zero-order valence-corrected chi connectivity index (χ0v) is 9.15. The lowest BCUT2D eigenvalue weighted by Crippen LogP contribution is -2.43. The first-order valence-electron chi connectivity index (χ1n) is 5.41. The fourth-order valence-corrected chi connectivity index (χ4v) is 1.86. The Balaban J connectivity index is 2.15. The largest absolute Gasteiger partial charge is 0.388 e. The Morgan fingerprint density at radius 3 is 2.76 bits per heavy atom. The summed E-state index contributed by atoms with van der Waals surface area (Å²) in [7, 11) is 0. The van der Waals surface area contributed by atoms with Gasteiger partial charge in [-0.3, -0.25) is 10.1 Å². The number of aliphatic hydroxyl groups is 1. The predicted molar refractivity (Wildman–Crippen MR) is 60.3 cm³/mol. The summed E-state index contributed by atoms with van der Waals surface area (Å²) >= 11 is 0. The molecule has 0 amide bonds. The third-order valence-electron chi connectivity index (χ3n) is 3.06. The number of nitrogens with zero attached hydrogens (tertiary/aromatic N) is 1. The summed E-state index contributed by atoms with van der Waals surface area (Å²) in [4.78, 5) is 9.95. The number of nitro groups is 1. The van der Waals surface area contributed by atoms with Gasteiger partial charge >= 0.3 is 5.69 Å². The van der Waals surface area contributed by atoms with Gasteiger partial charge in [-0.2, -0.15) is 4.39 Å². The zero-order valence-electron chi connectivity index (χ0n) is 9.15. The Bertz CT molecular complexity index is 446. The molecule has 92 valence electrons. The van der Waals surface area contributed by atoms with Crippen LogP contribution in [0, 0.1) is 15.9 Å². The van der Waals surface area contributed by atoms with Crippen LogP contribution in [0.25, 0.3) is 0 Å². The van der Waals surface area contributed by atoms with E-state index in [0.717, 1.165) is 12.5 Å². The van der Waals surface area contributed by atoms with E-state index in [-0.39, 0.29) is 12.2 Å². The Morgan fingerprint density at radius 1 is 1.53 bits per heavy atom. The molecule has 0 atom stereocenters. The van der Waals surface area contributed by atoms with Crippen molar-refractivity contribution in [1.82, 2.24) is 0 Å². The van der Waals surface area contributed by atoms with Crippen LogP contribution in [0.4, 0.5) is 15.8 Å². The molecule has 1 aliphatic rings. The minimum Gasteiger partial charge on any atom is -0.388 e. The first kappa shape index (κ1) is 11.8. The Kier molecular flexibility index (Phi) is 2.97. The quantitative estimate of drug-likeness (QED) is 0.624. The van der Waals surface area contributed by atoms with Gasteiger partial charge in [0.15, 0.2) is 0 Å². The number of nitrogens with one attached hydrogen (secondary N) is 1. The molecule has 0 radical (unpaired) electrons. The molecule has 5 nitrogen and oxygen atoms in total. The molecule has 0 saturated heterocycles. The van der Waals surface area contributed by atoms with Crippen LogP contribution in [0.3, 0.4) is 0 Å². The minimum atomic E-state index is -0.874. The monoisotopic (exact) mass is 240 g/mol. The van der Waals surface area contributed by atoms with Crippen molar-refractivity contribution in [1.29, 1.82) is 0 Å². The number of halogens is 1. The highest BCUT2D eigenvalue weighted by Gasteiger charge is 2.34. The average molecular weight is 240 g/mol. The summed E-state index contributed by atoms with van der Waals surface area (Å²) in [6.07, 6.45) is 2.29.